The number of rotatable bonds is 3. The Bertz CT molecular complexity index is 585. The van der Waals surface area contributed by atoms with Crippen molar-refractivity contribution in [3.8, 4) is 11.5 Å². The molecule has 0 aliphatic carbocycles. The maximum atomic E-state index is 5.81. The Balaban J connectivity index is 1.75. The van der Waals surface area contributed by atoms with Gasteiger partial charge in [0.2, 0.25) is 5.13 Å². The molecule has 1 atom stereocenters. The number of ether oxygens (including phenoxy) is 2. The number of fused-ring (bicyclic) bond motifs is 1. The Morgan fingerprint density at radius 3 is 3.05 bits per heavy atom. The van der Waals surface area contributed by atoms with E-state index in [0.717, 1.165) is 33.6 Å². The number of benzene rings is 1. The van der Waals surface area contributed by atoms with Gasteiger partial charge in [0.25, 0.3) is 0 Å². The van der Waals surface area contributed by atoms with Crippen molar-refractivity contribution >= 4 is 16.5 Å². The molecule has 5 nitrogen and oxygen atoms in total. The fourth-order valence-electron chi connectivity index (χ4n) is 2.18. The van der Waals surface area contributed by atoms with Crippen LogP contribution in [0.5, 0.6) is 11.5 Å². The Hall–Kier alpha value is -1.82. The van der Waals surface area contributed by atoms with Gasteiger partial charge >= 0.3 is 0 Å². The summed E-state index contributed by atoms with van der Waals surface area (Å²) in [6, 6.07) is 6.18. The number of para-hydroxylation sites is 1. The lowest BCUT2D eigenvalue weighted by Crippen LogP contribution is -2.33. The number of aryl methyl sites for hydroxylation is 1. The van der Waals surface area contributed by atoms with Crippen LogP contribution in [0.3, 0.4) is 0 Å². The normalized spacial score (nSPS) is 17.5. The van der Waals surface area contributed by atoms with Crippen molar-refractivity contribution in [2.75, 3.05) is 19.0 Å². The Morgan fingerprint density at radius 1 is 1.42 bits per heavy atom. The van der Waals surface area contributed by atoms with Crippen molar-refractivity contribution in [2.24, 2.45) is 0 Å². The molecule has 6 heteroatoms. The summed E-state index contributed by atoms with van der Waals surface area (Å²) in [6.45, 7) is 2.55. The molecule has 3 rings (SSSR count). The molecule has 0 amide bonds. The van der Waals surface area contributed by atoms with E-state index in [4.69, 9.17) is 9.47 Å². The van der Waals surface area contributed by atoms with E-state index in [1.165, 1.54) is 0 Å². The second-order valence-corrected chi connectivity index (χ2v) is 5.61. The van der Waals surface area contributed by atoms with E-state index in [9.17, 15) is 0 Å². The largest absolute Gasteiger partial charge is 0.493 e. The van der Waals surface area contributed by atoms with Crippen LogP contribution < -0.4 is 14.8 Å². The van der Waals surface area contributed by atoms with Crippen molar-refractivity contribution in [3.05, 3.63) is 28.8 Å². The molecule has 1 aliphatic heterocycles. The van der Waals surface area contributed by atoms with Crippen molar-refractivity contribution in [1.82, 2.24) is 10.2 Å². The first kappa shape index (κ1) is 12.2. The first-order valence-corrected chi connectivity index (χ1v) is 6.93. The van der Waals surface area contributed by atoms with Gasteiger partial charge in [0.05, 0.1) is 13.2 Å². The van der Waals surface area contributed by atoms with Gasteiger partial charge < -0.3 is 14.8 Å². The highest BCUT2D eigenvalue weighted by atomic mass is 32.1. The van der Waals surface area contributed by atoms with Gasteiger partial charge in [-0.2, -0.15) is 0 Å². The minimum atomic E-state index is 0.215. The molecule has 2 heterocycles. The fraction of sp³-hybridized carbons (Fsp3) is 0.385. The molecule has 0 fully saturated rings. The lowest BCUT2D eigenvalue weighted by molar-refractivity contribution is 0.256. The van der Waals surface area contributed by atoms with Crippen molar-refractivity contribution < 1.29 is 9.47 Å². The highest BCUT2D eigenvalue weighted by molar-refractivity contribution is 7.15. The number of hydrogen-bond donors (Lipinski definition) is 1. The third-order valence-electron chi connectivity index (χ3n) is 3.03. The second-order valence-electron chi connectivity index (χ2n) is 4.43. The van der Waals surface area contributed by atoms with Gasteiger partial charge in [0, 0.05) is 5.56 Å². The van der Waals surface area contributed by atoms with E-state index < -0.39 is 0 Å². The van der Waals surface area contributed by atoms with E-state index in [1.807, 2.05) is 19.1 Å². The third-order valence-corrected chi connectivity index (χ3v) is 3.80. The molecule has 1 aromatic heterocycles. The second kappa shape index (κ2) is 5.05. The fourth-order valence-corrected chi connectivity index (χ4v) is 2.85. The zero-order valence-corrected chi connectivity index (χ0v) is 11.7. The molecular formula is C13H15N3O2S. The van der Waals surface area contributed by atoms with Crippen LogP contribution in [0.1, 0.15) is 10.6 Å². The molecule has 0 bridgehead atoms. The minimum absolute atomic E-state index is 0.215. The van der Waals surface area contributed by atoms with Gasteiger partial charge in [-0.15, -0.1) is 10.2 Å². The predicted octanol–water partition coefficient (Wildman–Crippen LogP) is 2.27. The van der Waals surface area contributed by atoms with E-state index in [1.54, 1.807) is 18.4 Å². The standard InChI is InChI=1S/C13H15N3O2S/c1-8-15-16-13(19-8)14-10-6-9-4-3-5-11(17-2)12(9)18-7-10/h3-5,10H,6-7H2,1-2H3,(H,14,16)/t10-/m1/s1. The van der Waals surface area contributed by atoms with E-state index in [2.05, 4.69) is 21.6 Å². The van der Waals surface area contributed by atoms with Gasteiger partial charge in [0.15, 0.2) is 11.5 Å². The van der Waals surface area contributed by atoms with Crippen molar-refractivity contribution in [2.45, 2.75) is 19.4 Å². The first-order chi connectivity index (χ1) is 9.26. The monoisotopic (exact) mass is 277 g/mol. The lowest BCUT2D eigenvalue weighted by atomic mass is 10.0. The maximum Gasteiger partial charge on any atom is 0.206 e. The van der Waals surface area contributed by atoms with E-state index >= 15 is 0 Å². The van der Waals surface area contributed by atoms with Gasteiger partial charge in [-0.1, -0.05) is 23.5 Å². The number of hydrogen-bond acceptors (Lipinski definition) is 6. The highest BCUT2D eigenvalue weighted by Crippen LogP contribution is 2.35. The summed E-state index contributed by atoms with van der Waals surface area (Å²) in [5, 5.41) is 13.2. The van der Waals surface area contributed by atoms with Crippen molar-refractivity contribution in [1.29, 1.82) is 0 Å². The molecule has 0 unspecified atom stereocenters. The Morgan fingerprint density at radius 2 is 2.32 bits per heavy atom. The average molecular weight is 277 g/mol. The molecule has 0 spiro atoms. The van der Waals surface area contributed by atoms with Gasteiger partial charge in [0.1, 0.15) is 11.6 Å². The van der Waals surface area contributed by atoms with Crippen LogP contribution in [0.15, 0.2) is 18.2 Å². The smallest absolute Gasteiger partial charge is 0.206 e. The molecule has 0 radical (unpaired) electrons. The third kappa shape index (κ3) is 2.49. The zero-order valence-electron chi connectivity index (χ0n) is 10.8. The molecular weight excluding hydrogens is 262 g/mol. The van der Waals surface area contributed by atoms with Gasteiger partial charge in [-0.05, 0) is 19.4 Å². The first-order valence-electron chi connectivity index (χ1n) is 6.11. The van der Waals surface area contributed by atoms with Crippen LogP contribution in [0.4, 0.5) is 5.13 Å². The Labute approximate surface area is 115 Å². The SMILES string of the molecule is COc1cccc2c1OC[C@H](Nc1nnc(C)s1)C2. The zero-order chi connectivity index (χ0) is 13.2. The predicted molar refractivity (Wildman–Crippen MR) is 74.2 cm³/mol. The summed E-state index contributed by atoms with van der Waals surface area (Å²) >= 11 is 1.56. The molecule has 100 valence electrons. The number of nitrogens with one attached hydrogen (secondary N) is 1. The van der Waals surface area contributed by atoms with E-state index in [-0.39, 0.29) is 6.04 Å². The topological polar surface area (TPSA) is 56.3 Å². The summed E-state index contributed by atoms with van der Waals surface area (Å²) in [6.07, 6.45) is 0.894. The van der Waals surface area contributed by atoms with Crippen molar-refractivity contribution in [3.63, 3.8) is 0 Å². The molecule has 1 aliphatic rings. The maximum absolute atomic E-state index is 5.81. The van der Waals surface area contributed by atoms with E-state index in [0.29, 0.717) is 6.61 Å². The van der Waals surface area contributed by atoms with Crippen LogP contribution >= 0.6 is 11.3 Å². The number of aromatic nitrogens is 2. The molecule has 0 saturated carbocycles. The minimum Gasteiger partial charge on any atom is -0.493 e. The molecule has 1 aromatic carbocycles. The van der Waals surface area contributed by atoms with Crippen LogP contribution in [0.25, 0.3) is 0 Å². The summed E-state index contributed by atoms with van der Waals surface area (Å²) < 4.78 is 11.1. The summed E-state index contributed by atoms with van der Waals surface area (Å²) in [5.74, 6) is 1.65. The molecule has 1 N–H and O–H groups in total. The van der Waals surface area contributed by atoms with Crippen LogP contribution in [-0.2, 0) is 6.42 Å². The molecule has 2 aromatic rings. The Kier molecular flexibility index (Phi) is 3.25. The molecule has 0 saturated heterocycles. The van der Waals surface area contributed by atoms with Crippen LogP contribution in [0, 0.1) is 6.92 Å². The summed E-state index contributed by atoms with van der Waals surface area (Å²) in [7, 11) is 1.66. The van der Waals surface area contributed by atoms with Gasteiger partial charge in [-0.25, -0.2) is 0 Å². The van der Waals surface area contributed by atoms with Crippen LogP contribution in [-0.4, -0.2) is 30.0 Å². The summed E-state index contributed by atoms with van der Waals surface area (Å²) in [4.78, 5) is 0. The number of nitrogens with zero attached hydrogens (tertiary/aromatic N) is 2. The number of anilines is 1. The van der Waals surface area contributed by atoms with Crippen LogP contribution in [0.2, 0.25) is 0 Å². The average Bonchev–Trinajstić information content (AvgIpc) is 2.83. The lowest BCUT2D eigenvalue weighted by Gasteiger charge is -2.26. The van der Waals surface area contributed by atoms with Gasteiger partial charge in [-0.3, -0.25) is 0 Å². The summed E-state index contributed by atoms with van der Waals surface area (Å²) in [5.41, 5.74) is 1.16. The highest BCUT2D eigenvalue weighted by Gasteiger charge is 2.23. The number of methoxy groups -OCH3 is 1. The molecule has 19 heavy (non-hydrogen) atoms. The quantitative estimate of drug-likeness (QED) is 0.932.